The van der Waals surface area contributed by atoms with Gasteiger partial charge in [0.15, 0.2) is 0 Å². The Kier molecular flexibility index (Phi) is 4.91. The van der Waals surface area contributed by atoms with Gasteiger partial charge in [-0.3, -0.25) is 4.90 Å². The van der Waals surface area contributed by atoms with Crippen molar-refractivity contribution in [1.82, 2.24) is 14.9 Å². The molecule has 1 aliphatic rings. The van der Waals surface area contributed by atoms with Crippen LogP contribution in [-0.2, 0) is 6.54 Å². The Morgan fingerprint density at radius 1 is 1.04 bits per heavy atom. The van der Waals surface area contributed by atoms with Crippen LogP contribution in [0.2, 0.25) is 5.02 Å². The third-order valence-electron chi connectivity index (χ3n) is 4.75. The summed E-state index contributed by atoms with van der Waals surface area (Å²) in [6.45, 7) is 4.71. The zero-order valence-electron chi connectivity index (χ0n) is 14.7. The van der Waals surface area contributed by atoms with Gasteiger partial charge in [0.2, 0.25) is 0 Å². The summed E-state index contributed by atoms with van der Waals surface area (Å²) in [6.07, 6.45) is 1.70. The smallest absolute Gasteiger partial charge is 0.145 e. The molecule has 0 N–H and O–H groups in total. The third-order valence-corrected chi connectivity index (χ3v) is 4.98. The summed E-state index contributed by atoms with van der Waals surface area (Å²) >= 11 is 5.92. The topological polar surface area (TPSA) is 41.5 Å². The maximum atomic E-state index is 5.92. The molecule has 134 valence electrons. The predicted molar refractivity (Wildman–Crippen MR) is 105 cm³/mol. The quantitative estimate of drug-likeness (QED) is 0.703. The Bertz CT molecular complexity index is 892. The van der Waals surface area contributed by atoms with Gasteiger partial charge < -0.3 is 9.64 Å². The lowest BCUT2D eigenvalue weighted by molar-refractivity contribution is 0.247. The van der Waals surface area contributed by atoms with Gasteiger partial charge in [-0.2, -0.15) is 0 Å². The van der Waals surface area contributed by atoms with Crippen LogP contribution in [0.3, 0.4) is 0 Å². The van der Waals surface area contributed by atoms with Crippen molar-refractivity contribution in [2.24, 2.45) is 0 Å². The summed E-state index contributed by atoms with van der Waals surface area (Å²) < 4.78 is 5.44. The molecule has 0 aliphatic carbocycles. The largest absolute Gasteiger partial charge is 0.494 e. The Morgan fingerprint density at radius 2 is 1.88 bits per heavy atom. The highest BCUT2D eigenvalue weighted by molar-refractivity contribution is 6.30. The Labute approximate surface area is 158 Å². The monoisotopic (exact) mass is 368 g/mol. The summed E-state index contributed by atoms with van der Waals surface area (Å²) in [7, 11) is 1.69. The zero-order valence-corrected chi connectivity index (χ0v) is 15.5. The molecule has 6 heteroatoms. The summed E-state index contributed by atoms with van der Waals surface area (Å²) in [4.78, 5) is 14.0. The van der Waals surface area contributed by atoms with E-state index in [1.807, 2.05) is 24.3 Å². The zero-order chi connectivity index (χ0) is 17.9. The van der Waals surface area contributed by atoms with Crippen molar-refractivity contribution in [3.63, 3.8) is 0 Å². The van der Waals surface area contributed by atoms with E-state index in [2.05, 4.69) is 33.0 Å². The number of nitrogens with zero attached hydrogens (tertiary/aromatic N) is 4. The summed E-state index contributed by atoms with van der Waals surface area (Å²) in [5.74, 6) is 1.81. The molecular weight excluding hydrogens is 348 g/mol. The standard InChI is InChI=1S/C20H21ClN4O/c1-26-18-4-2-3-15-5-7-17(23-20(15)18)14-24-9-11-25(12-10-24)19-8-6-16(21)13-22-19/h2-8,13H,9-12,14H2,1H3. The van der Waals surface area contributed by atoms with Gasteiger partial charge in [-0.05, 0) is 24.3 Å². The number of anilines is 1. The number of fused-ring (bicyclic) bond motifs is 1. The van der Waals surface area contributed by atoms with E-state index in [1.54, 1.807) is 13.3 Å². The first kappa shape index (κ1) is 17.1. The van der Waals surface area contributed by atoms with Crippen LogP contribution in [0, 0.1) is 0 Å². The molecule has 0 bridgehead atoms. The van der Waals surface area contributed by atoms with Crippen LogP contribution >= 0.6 is 11.6 Å². The highest BCUT2D eigenvalue weighted by Gasteiger charge is 2.18. The van der Waals surface area contributed by atoms with E-state index in [4.69, 9.17) is 21.3 Å². The molecule has 1 aromatic carbocycles. The number of para-hydroxylation sites is 1. The molecule has 26 heavy (non-hydrogen) atoms. The molecule has 0 saturated carbocycles. The molecule has 0 unspecified atom stereocenters. The van der Waals surface area contributed by atoms with Crippen molar-refractivity contribution in [2.75, 3.05) is 38.2 Å². The molecule has 1 fully saturated rings. The van der Waals surface area contributed by atoms with Crippen LogP contribution < -0.4 is 9.64 Å². The van der Waals surface area contributed by atoms with E-state index in [0.29, 0.717) is 5.02 Å². The normalized spacial score (nSPS) is 15.4. The highest BCUT2D eigenvalue weighted by Crippen LogP contribution is 2.24. The second-order valence-electron chi connectivity index (χ2n) is 6.43. The van der Waals surface area contributed by atoms with Crippen molar-refractivity contribution in [3.05, 3.63) is 59.4 Å². The average molecular weight is 369 g/mol. The number of benzene rings is 1. The SMILES string of the molecule is COc1cccc2ccc(CN3CCN(c4ccc(Cl)cn4)CC3)nc12. The van der Waals surface area contributed by atoms with Crippen molar-refractivity contribution in [2.45, 2.75) is 6.54 Å². The Hall–Kier alpha value is -2.37. The maximum Gasteiger partial charge on any atom is 0.145 e. The first-order valence-electron chi connectivity index (χ1n) is 8.74. The minimum atomic E-state index is 0.671. The minimum Gasteiger partial charge on any atom is -0.494 e. The molecule has 1 aliphatic heterocycles. The van der Waals surface area contributed by atoms with E-state index in [9.17, 15) is 0 Å². The molecule has 3 heterocycles. The lowest BCUT2D eigenvalue weighted by Gasteiger charge is -2.35. The van der Waals surface area contributed by atoms with Gasteiger partial charge in [0, 0.05) is 44.3 Å². The lowest BCUT2D eigenvalue weighted by atomic mass is 10.2. The average Bonchev–Trinajstić information content (AvgIpc) is 2.69. The molecule has 0 spiro atoms. The van der Waals surface area contributed by atoms with E-state index in [-0.39, 0.29) is 0 Å². The highest BCUT2D eigenvalue weighted by atomic mass is 35.5. The molecule has 3 aromatic rings. The molecule has 0 amide bonds. The van der Waals surface area contributed by atoms with Gasteiger partial charge in [-0.25, -0.2) is 9.97 Å². The first-order valence-corrected chi connectivity index (χ1v) is 9.12. The number of ether oxygens (including phenoxy) is 1. The first-order chi connectivity index (χ1) is 12.7. The number of aromatic nitrogens is 2. The fraction of sp³-hybridized carbons (Fsp3) is 0.300. The van der Waals surface area contributed by atoms with Gasteiger partial charge in [-0.15, -0.1) is 0 Å². The molecule has 5 nitrogen and oxygen atoms in total. The maximum absolute atomic E-state index is 5.92. The second-order valence-corrected chi connectivity index (χ2v) is 6.87. The van der Waals surface area contributed by atoms with Gasteiger partial charge in [-0.1, -0.05) is 29.8 Å². The fourth-order valence-corrected chi connectivity index (χ4v) is 3.44. The molecule has 2 aromatic heterocycles. The summed E-state index contributed by atoms with van der Waals surface area (Å²) in [5, 5.41) is 1.77. The van der Waals surface area contributed by atoms with Crippen molar-refractivity contribution in [1.29, 1.82) is 0 Å². The molecule has 0 radical (unpaired) electrons. The van der Waals surface area contributed by atoms with Gasteiger partial charge in [0.05, 0.1) is 17.8 Å². The Morgan fingerprint density at radius 3 is 2.62 bits per heavy atom. The molecule has 1 saturated heterocycles. The Balaban J connectivity index is 1.42. The number of methoxy groups -OCH3 is 1. The number of pyridine rings is 2. The summed E-state index contributed by atoms with van der Waals surface area (Å²) in [6, 6.07) is 14.1. The van der Waals surface area contributed by atoms with Gasteiger partial charge in [0.1, 0.15) is 17.1 Å². The van der Waals surface area contributed by atoms with Crippen LogP contribution in [0.1, 0.15) is 5.69 Å². The van der Waals surface area contributed by atoms with Crippen molar-refractivity contribution >= 4 is 28.3 Å². The second kappa shape index (κ2) is 7.48. The van der Waals surface area contributed by atoms with Gasteiger partial charge >= 0.3 is 0 Å². The molecule has 4 rings (SSSR count). The van der Waals surface area contributed by atoms with Crippen molar-refractivity contribution < 1.29 is 4.74 Å². The van der Waals surface area contributed by atoms with Crippen LogP contribution in [0.25, 0.3) is 10.9 Å². The van der Waals surface area contributed by atoms with E-state index in [1.165, 1.54) is 0 Å². The van der Waals surface area contributed by atoms with Crippen LogP contribution in [0.15, 0.2) is 48.7 Å². The molecule has 0 atom stereocenters. The lowest BCUT2D eigenvalue weighted by Crippen LogP contribution is -2.46. The van der Waals surface area contributed by atoms with E-state index >= 15 is 0 Å². The predicted octanol–water partition coefficient (Wildman–Crippen LogP) is 3.61. The number of hydrogen-bond acceptors (Lipinski definition) is 5. The van der Waals surface area contributed by atoms with Crippen molar-refractivity contribution in [3.8, 4) is 5.75 Å². The number of halogens is 1. The van der Waals surface area contributed by atoms with Crippen LogP contribution in [0.5, 0.6) is 5.75 Å². The minimum absolute atomic E-state index is 0.671. The third kappa shape index (κ3) is 3.59. The van der Waals surface area contributed by atoms with Crippen LogP contribution in [0.4, 0.5) is 5.82 Å². The van der Waals surface area contributed by atoms with E-state index < -0.39 is 0 Å². The summed E-state index contributed by atoms with van der Waals surface area (Å²) in [5.41, 5.74) is 2.00. The fourth-order valence-electron chi connectivity index (χ4n) is 3.33. The van der Waals surface area contributed by atoms with E-state index in [0.717, 1.165) is 60.9 Å². The number of rotatable bonds is 4. The number of hydrogen-bond donors (Lipinski definition) is 0. The molecular formula is C20H21ClN4O. The van der Waals surface area contributed by atoms with Gasteiger partial charge in [0.25, 0.3) is 0 Å². The number of piperazine rings is 1. The van der Waals surface area contributed by atoms with Crippen LogP contribution in [-0.4, -0.2) is 48.2 Å².